The molecule has 0 spiro atoms. The summed E-state index contributed by atoms with van der Waals surface area (Å²) in [6.07, 6.45) is 1.43. The number of carbonyl (C=O) groups excluding carboxylic acids is 2. The fraction of sp³-hybridized carbons (Fsp3) is 0.464. The standard InChI is InChI=1S/C28H39N7O3/c1-18(2)17-22(36)31-20-10-8-19(9-11-20)23-25(33-28(3,4)5)35-14-6-7-21(24(35)32-23)26(37)29-12-15-34-16-13-30-27(34)38/h6-11,14,18,26,29,33,37H,12-13,15-17H2,1-5H3,(H,30,38)(H,31,36). The van der Waals surface area contributed by atoms with Crippen LogP contribution in [-0.2, 0) is 4.79 Å². The van der Waals surface area contributed by atoms with Crippen LogP contribution >= 0.6 is 0 Å². The first-order chi connectivity index (χ1) is 18.0. The molecule has 0 saturated carbocycles. The lowest BCUT2D eigenvalue weighted by molar-refractivity contribution is -0.116. The van der Waals surface area contributed by atoms with Crippen molar-refractivity contribution in [2.75, 3.05) is 36.8 Å². The molecule has 4 rings (SSSR count). The van der Waals surface area contributed by atoms with Crippen molar-refractivity contribution in [3.05, 3.63) is 48.2 Å². The Morgan fingerprint density at radius 1 is 1.18 bits per heavy atom. The molecule has 2 aromatic heterocycles. The molecule has 1 unspecified atom stereocenters. The Kier molecular flexibility index (Phi) is 8.23. The van der Waals surface area contributed by atoms with Crippen LogP contribution in [-0.4, -0.2) is 63.0 Å². The van der Waals surface area contributed by atoms with Crippen LogP contribution in [0.1, 0.15) is 52.8 Å². The molecule has 38 heavy (non-hydrogen) atoms. The normalized spacial score (nSPS) is 14.7. The second-order valence-electron chi connectivity index (χ2n) is 11.1. The number of urea groups is 1. The highest BCUT2D eigenvalue weighted by atomic mass is 16.3. The fourth-order valence-electron chi connectivity index (χ4n) is 4.44. The summed E-state index contributed by atoms with van der Waals surface area (Å²) in [7, 11) is 0. The van der Waals surface area contributed by atoms with Crippen LogP contribution in [0.5, 0.6) is 0 Å². The van der Waals surface area contributed by atoms with Crippen LogP contribution in [0.25, 0.3) is 16.9 Å². The van der Waals surface area contributed by atoms with E-state index in [1.165, 1.54) is 0 Å². The number of rotatable bonds is 10. The predicted molar refractivity (Wildman–Crippen MR) is 150 cm³/mol. The molecule has 10 nitrogen and oxygen atoms in total. The molecule has 3 aromatic rings. The minimum absolute atomic E-state index is 0.00735. The van der Waals surface area contributed by atoms with E-state index < -0.39 is 6.23 Å². The Labute approximate surface area is 223 Å². The fourth-order valence-corrected chi connectivity index (χ4v) is 4.44. The van der Waals surface area contributed by atoms with Gasteiger partial charge in [0.25, 0.3) is 0 Å². The Bertz CT molecular complexity index is 1280. The molecule has 3 amide bonds. The van der Waals surface area contributed by atoms with Crippen LogP contribution in [0.15, 0.2) is 42.6 Å². The van der Waals surface area contributed by atoms with E-state index >= 15 is 0 Å². The van der Waals surface area contributed by atoms with Crippen molar-refractivity contribution in [2.45, 2.75) is 52.8 Å². The predicted octanol–water partition coefficient (Wildman–Crippen LogP) is 3.80. The zero-order valence-electron chi connectivity index (χ0n) is 22.8. The average molecular weight is 522 g/mol. The van der Waals surface area contributed by atoms with E-state index in [0.717, 1.165) is 22.8 Å². The molecule has 5 N–H and O–H groups in total. The number of aliphatic hydroxyl groups excluding tert-OH is 1. The molecule has 1 atom stereocenters. The number of hydrogen-bond donors (Lipinski definition) is 5. The van der Waals surface area contributed by atoms with Gasteiger partial charge in [-0.25, -0.2) is 9.78 Å². The van der Waals surface area contributed by atoms with Gasteiger partial charge < -0.3 is 26.0 Å². The number of nitrogens with one attached hydrogen (secondary N) is 4. The monoisotopic (exact) mass is 521 g/mol. The number of carbonyl (C=O) groups is 2. The minimum Gasteiger partial charge on any atom is -0.374 e. The molecule has 3 heterocycles. The van der Waals surface area contributed by atoms with Crippen LogP contribution < -0.4 is 21.3 Å². The molecule has 0 bridgehead atoms. The summed E-state index contributed by atoms with van der Waals surface area (Å²) in [4.78, 5) is 30.6. The minimum atomic E-state index is -0.958. The molecule has 0 radical (unpaired) electrons. The van der Waals surface area contributed by atoms with E-state index in [1.54, 1.807) is 4.90 Å². The molecule has 10 heteroatoms. The van der Waals surface area contributed by atoms with Gasteiger partial charge in [-0.2, -0.15) is 0 Å². The SMILES string of the molecule is CC(C)CC(=O)Nc1ccc(-c2nc3c(C(O)NCCN4CCNC4=O)cccn3c2NC(C)(C)C)cc1. The summed E-state index contributed by atoms with van der Waals surface area (Å²) in [5, 5.41) is 23.4. The van der Waals surface area contributed by atoms with E-state index in [4.69, 9.17) is 4.98 Å². The van der Waals surface area contributed by atoms with Crippen LogP contribution in [0.2, 0.25) is 0 Å². The Balaban J connectivity index is 1.61. The topological polar surface area (TPSA) is 123 Å². The number of benzene rings is 1. The summed E-state index contributed by atoms with van der Waals surface area (Å²) in [5.41, 5.74) is 3.39. The number of pyridine rings is 1. The van der Waals surface area contributed by atoms with Crippen molar-refractivity contribution in [3.63, 3.8) is 0 Å². The van der Waals surface area contributed by atoms with Crippen molar-refractivity contribution in [1.29, 1.82) is 0 Å². The Morgan fingerprint density at radius 2 is 1.92 bits per heavy atom. The molecule has 1 saturated heterocycles. The van der Waals surface area contributed by atoms with Crippen LogP contribution in [0, 0.1) is 5.92 Å². The number of imidazole rings is 1. The van der Waals surface area contributed by atoms with Crippen molar-refractivity contribution in [2.24, 2.45) is 5.92 Å². The van der Waals surface area contributed by atoms with E-state index in [0.29, 0.717) is 43.8 Å². The third kappa shape index (κ3) is 6.62. The Morgan fingerprint density at radius 3 is 2.55 bits per heavy atom. The van der Waals surface area contributed by atoms with Gasteiger partial charge >= 0.3 is 6.03 Å². The smallest absolute Gasteiger partial charge is 0.317 e. The van der Waals surface area contributed by atoms with Crippen molar-refractivity contribution in [1.82, 2.24) is 24.9 Å². The van der Waals surface area contributed by atoms with Gasteiger partial charge in [0.05, 0.1) is 0 Å². The first kappa shape index (κ1) is 27.4. The summed E-state index contributed by atoms with van der Waals surface area (Å²) in [6, 6.07) is 11.3. The zero-order chi connectivity index (χ0) is 27.4. The van der Waals surface area contributed by atoms with Gasteiger partial charge in [-0.05, 0) is 51.0 Å². The average Bonchev–Trinajstić information content (AvgIpc) is 3.41. The first-order valence-electron chi connectivity index (χ1n) is 13.2. The highest BCUT2D eigenvalue weighted by molar-refractivity contribution is 5.91. The number of fused-ring (bicyclic) bond motifs is 1. The lowest BCUT2D eigenvalue weighted by atomic mass is 10.1. The van der Waals surface area contributed by atoms with E-state index in [-0.39, 0.29) is 23.4 Å². The Hall–Kier alpha value is -3.63. The summed E-state index contributed by atoms with van der Waals surface area (Å²) in [5.74, 6) is 1.09. The number of aromatic nitrogens is 2. The van der Waals surface area contributed by atoms with Gasteiger partial charge in [-0.3, -0.25) is 14.5 Å². The molecular weight excluding hydrogens is 482 g/mol. The van der Waals surface area contributed by atoms with Gasteiger partial charge in [-0.1, -0.05) is 26.0 Å². The van der Waals surface area contributed by atoms with E-state index in [9.17, 15) is 14.7 Å². The van der Waals surface area contributed by atoms with E-state index in [1.807, 2.05) is 60.8 Å². The third-order valence-corrected chi connectivity index (χ3v) is 6.17. The maximum Gasteiger partial charge on any atom is 0.317 e. The van der Waals surface area contributed by atoms with E-state index in [2.05, 4.69) is 42.0 Å². The number of anilines is 2. The number of amides is 3. The molecular formula is C28H39N7O3. The maximum atomic E-state index is 12.2. The summed E-state index contributed by atoms with van der Waals surface area (Å²) >= 11 is 0. The maximum absolute atomic E-state index is 12.2. The molecule has 0 aliphatic carbocycles. The second-order valence-corrected chi connectivity index (χ2v) is 11.1. The lowest BCUT2D eigenvalue weighted by Crippen LogP contribution is -2.36. The zero-order valence-corrected chi connectivity index (χ0v) is 22.8. The number of nitrogens with zero attached hydrogens (tertiary/aromatic N) is 3. The quantitative estimate of drug-likeness (QED) is 0.259. The largest absolute Gasteiger partial charge is 0.374 e. The van der Waals surface area contributed by atoms with Crippen molar-refractivity contribution >= 4 is 29.1 Å². The molecule has 1 fully saturated rings. The van der Waals surface area contributed by atoms with Crippen LogP contribution in [0.4, 0.5) is 16.3 Å². The van der Waals surface area contributed by atoms with Gasteiger partial charge in [0.1, 0.15) is 23.4 Å². The van der Waals surface area contributed by atoms with Gasteiger partial charge in [0.15, 0.2) is 0 Å². The molecule has 1 aromatic carbocycles. The third-order valence-electron chi connectivity index (χ3n) is 6.17. The number of aliphatic hydroxyl groups is 1. The highest BCUT2D eigenvalue weighted by Gasteiger charge is 2.23. The van der Waals surface area contributed by atoms with Gasteiger partial charge in [-0.15, -0.1) is 0 Å². The highest BCUT2D eigenvalue weighted by Crippen LogP contribution is 2.33. The van der Waals surface area contributed by atoms with Crippen LogP contribution in [0.3, 0.4) is 0 Å². The first-order valence-corrected chi connectivity index (χ1v) is 13.2. The summed E-state index contributed by atoms with van der Waals surface area (Å²) in [6.45, 7) is 12.5. The van der Waals surface area contributed by atoms with Crippen molar-refractivity contribution in [3.8, 4) is 11.3 Å². The molecule has 204 valence electrons. The van der Waals surface area contributed by atoms with Crippen molar-refractivity contribution < 1.29 is 14.7 Å². The van der Waals surface area contributed by atoms with Gasteiger partial charge in [0, 0.05) is 61.1 Å². The van der Waals surface area contributed by atoms with Gasteiger partial charge in [0.2, 0.25) is 5.91 Å². The molecule has 1 aliphatic rings. The summed E-state index contributed by atoms with van der Waals surface area (Å²) < 4.78 is 1.95. The number of hydrogen-bond acceptors (Lipinski definition) is 6. The second kappa shape index (κ2) is 11.4. The molecule has 1 aliphatic heterocycles. The lowest BCUT2D eigenvalue weighted by Gasteiger charge is -2.23.